The van der Waals surface area contributed by atoms with Crippen LogP contribution in [-0.2, 0) is 4.79 Å². The van der Waals surface area contributed by atoms with Gasteiger partial charge < -0.3 is 10.2 Å². The van der Waals surface area contributed by atoms with E-state index in [1.807, 2.05) is 0 Å². The molecule has 0 aromatic rings. The Kier molecular flexibility index (Phi) is 4.59. The summed E-state index contributed by atoms with van der Waals surface area (Å²) in [5, 5.41) is 18.9. The molecule has 2 N–H and O–H groups in total. The second-order valence-corrected chi connectivity index (χ2v) is 6.46. The van der Waals surface area contributed by atoms with Crippen LogP contribution in [0.1, 0.15) is 53.4 Å². The number of carboxylic acids is 1. The van der Waals surface area contributed by atoms with E-state index in [-0.39, 0.29) is 23.4 Å². The second-order valence-electron chi connectivity index (χ2n) is 6.46. The van der Waals surface area contributed by atoms with Crippen LogP contribution < -0.4 is 0 Å². The molecule has 0 heterocycles. The largest absolute Gasteiger partial charge is 0.481 e. The predicted octanol–water partition coefficient (Wildman–Crippen LogP) is 2.92. The molecular formula is C14H26O3. The van der Waals surface area contributed by atoms with Gasteiger partial charge in [0.2, 0.25) is 0 Å². The molecule has 100 valence electrons. The standard InChI is InChI=1S/C14H26O3/c1-9(2)11-5-6-14(4,7-10(3)15)8-12(11)13(16)17/h9-12,15H,5-8H2,1-4H3,(H,16,17). The van der Waals surface area contributed by atoms with Crippen LogP contribution in [0.25, 0.3) is 0 Å². The smallest absolute Gasteiger partial charge is 0.306 e. The molecule has 0 spiro atoms. The van der Waals surface area contributed by atoms with Crippen LogP contribution in [0.5, 0.6) is 0 Å². The average Bonchev–Trinajstić information content (AvgIpc) is 2.14. The highest BCUT2D eigenvalue weighted by Crippen LogP contribution is 2.47. The minimum absolute atomic E-state index is 0.0113. The van der Waals surface area contributed by atoms with Crippen molar-refractivity contribution in [1.82, 2.24) is 0 Å². The molecule has 4 unspecified atom stereocenters. The molecule has 0 radical (unpaired) electrons. The van der Waals surface area contributed by atoms with Crippen LogP contribution >= 0.6 is 0 Å². The number of aliphatic carboxylic acids is 1. The van der Waals surface area contributed by atoms with Gasteiger partial charge in [-0.2, -0.15) is 0 Å². The molecular weight excluding hydrogens is 216 g/mol. The number of hydrogen-bond acceptors (Lipinski definition) is 2. The third-order valence-electron chi connectivity index (χ3n) is 4.27. The van der Waals surface area contributed by atoms with Gasteiger partial charge in [0.15, 0.2) is 0 Å². The Morgan fingerprint density at radius 3 is 2.41 bits per heavy atom. The highest BCUT2D eigenvalue weighted by Gasteiger charge is 2.42. The van der Waals surface area contributed by atoms with Crippen molar-refractivity contribution in [3.63, 3.8) is 0 Å². The van der Waals surface area contributed by atoms with Gasteiger partial charge in [-0.3, -0.25) is 4.79 Å². The first-order valence-electron chi connectivity index (χ1n) is 6.66. The van der Waals surface area contributed by atoms with E-state index in [0.717, 1.165) is 12.8 Å². The zero-order valence-electron chi connectivity index (χ0n) is 11.4. The maximum absolute atomic E-state index is 11.4. The zero-order valence-corrected chi connectivity index (χ0v) is 11.4. The van der Waals surface area contributed by atoms with E-state index in [0.29, 0.717) is 18.8 Å². The molecule has 3 nitrogen and oxygen atoms in total. The summed E-state index contributed by atoms with van der Waals surface area (Å²) in [7, 11) is 0. The lowest BCUT2D eigenvalue weighted by molar-refractivity contribution is -0.148. The highest BCUT2D eigenvalue weighted by molar-refractivity contribution is 5.70. The third kappa shape index (κ3) is 3.70. The zero-order chi connectivity index (χ0) is 13.2. The summed E-state index contributed by atoms with van der Waals surface area (Å²) in [6.07, 6.45) is 3.07. The lowest BCUT2D eigenvalue weighted by Gasteiger charge is -2.43. The van der Waals surface area contributed by atoms with Crippen LogP contribution in [0.4, 0.5) is 0 Å². The molecule has 3 heteroatoms. The Hall–Kier alpha value is -0.570. The maximum atomic E-state index is 11.4. The van der Waals surface area contributed by atoms with Crippen LogP contribution in [0.3, 0.4) is 0 Å². The first-order valence-corrected chi connectivity index (χ1v) is 6.66. The van der Waals surface area contributed by atoms with Crippen molar-refractivity contribution in [3.05, 3.63) is 0 Å². The molecule has 0 saturated heterocycles. The van der Waals surface area contributed by atoms with Gasteiger partial charge >= 0.3 is 5.97 Å². The van der Waals surface area contributed by atoms with Crippen LogP contribution in [0.2, 0.25) is 0 Å². The summed E-state index contributed by atoms with van der Waals surface area (Å²) in [6.45, 7) is 8.12. The van der Waals surface area contributed by atoms with Gasteiger partial charge in [0, 0.05) is 0 Å². The topological polar surface area (TPSA) is 57.5 Å². The van der Waals surface area contributed by atoms with Gasteiger partial charge in [-0.25, -0.2) is 0 Å². The van der Waals surface area contributed by atoms with Crippen molar-refractivity contribution in [2.45, 2.75) is 59.5 Å². The Bertz CT molecular complexity index is 273. The quantitative estimate of drug-likeness (QED) is 0.797. The highest BCUT2D eigenvalue weighted by atomic mass is 16.4. The van der Waals surface area contributed by atoms with Crippen molar-refractivity contribution in [3.8, 4) is 0 Å². The number of hydrogen-bond donors (Lipinski definition) is 2. The van der Waals surface area contributed by atoms with Gasteiger partial charge in [-0.05, 0) is 49.9 Å². The van der Waals surface area contributed by atoms with Crippen molar-refractivity contribution in [1.29, 1.82) is 0 Å². The van der Waals surface area contributed by atoms with E-state index < -0.39 is 5.97 Å². The maximum Gasteiger partial charge on any atom is 0.306 e. The number of rotatable bonds is 4. The molecule has 1 aliphatic carbocycles. The average molecular weight is 242 g/mol. The SMILES string of the molecule is CC(O)CC1(C)CCC(C(C)C)C(C(=O)O)C1. The molecule has 1 aliphatic rings. The second kappa shape index (κ2) is 5.38. The molecule has 0 amide bonds. The fourth-order valence-electron chi connectivity index (χ4n) is 3.47. The van der Waals surface area contributed by atoms with Crippen molar-refractivity contribution in [2.24, 2.45) is 23.2 Å². The monoisotopic (exact) mass is 242 g/mol. The summed E-state index contributed by atoms with van der Waals surface area (Å²) < 4.78 is 0. The number of carboxylic acid groups (broad SMARTS) is 1. The molecule has 17 heavy (non-hydrogen) atoms. The van der Waals surface area contributed by atoms with Gasteiger partial charge in [0.25, 0.3) is 0 Å². The fraction of sp³-hybridized carbons (Fsp3) is 0.929. The molecule has 1 fully saturated rings. The lowest BCUT2D eigenvalue weighted by atomic mass is 9.62. The summed E-state index contributed by atoms with van der Waals surface area (Å²) in [5.74, 6) is -0.200. The number of aliphatic hydroxyl groups is 1. The van der Waals surface area contributed by atoms with Crippen LogP contribution in [-0.4, -0.2) is 22.3 Å². The molecule has 1 rings (SSSR count). The van der Waals surface area contributed by atoms with E-state index >= 15 is 0 Å². The Labute approximate surface area is 104 Å². The van der Waals surface area contributed by atoms with E-state index in [1.165, 1.54) is 0 Å². The third-order valence-corrected chi connectivity index (χ3v) is 4.27. The Morgan fingerprint density at radius 1 is 1.41 bits per heavy atom. The number of carbonyl (C=O) groups is 1. The van der Waals surface area contributed by atoms with E-state index in [9.17, 15) is 15.0 Å². The van der Waals surface area contributed by atoms with Crippen LogP contribution in [0.15, 0.2) is 0 Å². The molecule has 1 saturated carbocycles. The molecule has 0 aliphatic heterocycles. The molecule has 0 aromatic heterocycles. The first-order chi connectivity index (χ1) is 7.75. The summed E-state index contributed by atoms with van der Waals surface area (Å²) >= 11 is 0. The van der Waals surface area contributed by atoms with Crippen molar-refractivity contribution < 1.29 is 15.0 Å². The fourth-order valence-corrected chi connectivity index (χ4v) is 3.47. The van der Waals surface area contributed by atoms with Crippen LogP contribution in [0, 0.1) is 23.2 Å². The van der Waals surface area contributed by atoms with Gasteiger partial charge in [-0.1, -0.05) is 20.8 Å². The predicted molar refractivity (Wildman–Crippen MR) is 67.7 cm³/mol. The summed E-state index contributed by atoms with van der Waals surface area (Å²) in [6, 6.07) is 0. The molecule has 0 aromatic carbocycles. The Morgan fingerprint density at radius 2 is 2.00 bits per heavy atom. The van der Waals surface area contributed by atoms with Gasteiger partial charge in [0.1, 0.15) is 0 Å². The minimum Gasteiger partial charge on any atom is -0.481 e. The summed E-state index contributed by atoms with van der Waals surface area (Å²) in [4.78, 5) is 11.4. The van der Waals surface area contributed by atoms with Gasteiger partial charge in [-0.15, -0.1) is 0 Å². The van der Waals surface area contributed by atoms with E-state index in [2.05, 4.69) is 20.8 Å². The van der Waals surface area contributed by atoms with Gasteiger partial charge in [0.05, 0.1) is 12.0 Å². The molecule has 4 atom stereocenters. The normalized spacial score (nSPS) is 35.9. The van der Waals surface area contributed by atoms with Crippen molar-refractivity contribution >= 4 is 5.97 Å². The number of aliphatic hydroxyl groups excluding tert-OH is 1. The molecule has 0 bridgehead atoms. The van der Waals surface area contributed by atoms with Crippen molar-refractivity contribution in [2.75, 3.05) is 0 Å². The Balaban J connectivity index is 2.77. The lowest BCUT2D eigenvalue weighted by Crippen LogP contribution is -2.39. The van der Waals surface area contributed by atoms with E-state index in [4.69, 9.17) is 0 Å². The summed E-state index contributed by atoms with van der Waals surface area (Å²) in [5.41, 5.74) is -0.0113. The minimum atomic E-state index is -0.666. The first kappa shape index (κ1) is 14.5. The van der Waals surface area contributed by atoms with E-state index in [1.54, 1.807) is 6.92 Å².